The van der Waals surface area contributed by atoms with Crippen molar-refractivity contribution in [1.82, 2.24) is 9.55 Å². The highest BCUT2D eigenvalue weighted by atomic mass is 127. The molecule has 7 nitrogen and oxygen atoms in total. The van der Waals surface area contributed by atoms with E-state index >= 15 is 0 Å². The fraction of sp³-hybridized carbons (Fsp3) is 0.538. The first-order valence-electron chi connectivity index (χ1n) is 6.52. The molecule has 0 spiro atoms. The minimum absolute atomic E-state index is 0.194. The Hall–Kier alpha value is -0.970. The second kappa shape index (κ2) is 9.13. The molecule has 1 heterocycles. The van der Waals surface area contributed by atoms with Crippen LogP contribution < -0.4 is 11.4 Å². The van der Waals surface area contributed by atoms with Gasteiger partial charge in [-0.25, -0.2) is 4.79 Å². The Balaban J connectivity index is 2.84. The van der Waals surface area contributed by atoms with Crippen molar-refractivity contribution in [2.75, 3.05) is 25.6 Å². The average Bonchev–Trinajstić information content (AvgIpc) is 2.47. The van der Waals surface area contributed by atoms with E-state index in [9.17, 15) is 9.90 Å². The summed E-state index contributed by atoms with van der Waals surface area (Å²) in [6.07, 6.45) is 2.68. The largest absolute Gasteiger partial charge is 0.394 e. The van der Waals surface area contributed by atoms with Crippen molar-refractivity contribution >= 4 is 28.4 Å². The first kappa shape index (κ1) is 18.1. The normalized spacial score (nSPS) is 13.9. The van der Waals surface area contributed by atoms with E-state index in [1.165, 1.54) is 4.57 Å². The zero-order chi connectivity index (χ0) is 15.8. The van der Waals surface area contributed by atoms with Crippen LogP contribution in [0.1, 0.15) is 19.6 Å². The number of aromatic nitrogens is 2. The molecule has 1 rings (SSSR count). The van der Waals surface area contributed by atoms with Gasteiger partial charge in [0.2, 0.25) is 0 Å². The molecule has 1 aromatic heterocycles. The minimum atomic E-state index is -0.538. The summed E-state index contributed by atoms with van der Waals surface area (Å²) in [6.45, 7) is 5.80. The van der Waals surface area contributed by atoms with Crippen molar-refractivity contribution in [2.24, 2.45) is 0 Å². The predicted octanol–water partition coefficient (Wildman–Crippen LogP) is 0.919. The van der Waals surface area contributed by atoms with Crippen LogP contribution in [0.2, 0.25) is 0 Å². The molecule has 0 saturated carbocycles. The summed E-state index contributed by atoms with van der Waals surface area (Å²) in [5, 5.41) is 9.33. The van der Waals surface area contributed by atoms with Gasteiger partial charge >= 0.3 is 5.69 Å². The van der Waals surface area contributed by atoms with E-state index in [4.69, 9.17) is 15.2 Å². The number of anilines is 1. The molecule has 2 atom stereocenters. The minimum Gasteiger partial charge on any atom is -0.394 e. The Morgan fingerprint density at radius 3 is 2.95 bits per heavy atom. The first-order valence-corrected chi connectivity index (χ1v) is 7.60. The van der Waals surface area contributed by atoms with Crippen molar-refractivity contribution in [2.45, 2.75) is 25.7 Å². The molecular formula is C13H20IN3O4. The summed E-state index contributed by atoms with van der Waals surface area (Å²) in [6, 6.07) is 0. The Labute approximate surface area is 136 Å². The van der Waals surface area contributed by atoms with Crippen LogP contribution in [0.4, 0.5) is 5.82 Å². The van der Waals surface area contributed by atoms with Gasteiger partial charge in [0.15, 0.2) is 0 Å². The first-order chi connectivity index (χ1) is 10.0. The van der Waals surface area contributed by atoms with E-state index < -0.39 is 18.0 Å². The summed E-state index contributed by atoms with van der Waals surface area (Å²) in [4.78, 5) is 15.6. The maximum absolute atomic E-state index is 11.9. The van der Waals surface area contributed by atoms with Crippen molar-refractivity contribution in [3.63, 3.8) is 0 Å². The smallest absolute Gasteiger partial charge is 0.351 e. The van der Waals surface area contributed by atoms with Gasteiger partial charge in [-0.1, -0.05) is 13.0 Å². The highest BCUT2D eigenvalue weighted by molar-refractivity contribution is 14.1. The zero-order valence-corrected chi connectivity index (χ0v) is 14.0. The van der Waals surface area contributed by atoms with E-state index in [2.05, 4.69) is 11.6 Å². The van der Waals surface area contributed by atoms with Gasteiger partial charge in [0.25, 0.3) is 0 Å². The van der Waals surface area contributed by atoms with Crippen molar-refractivity contribution < 1.29 is 14.6 Å². The summed E-state index contributed by atoms with van der Waals surface area (Å²) < 4.78 is 13.0. The predicted molar refractivity (Wildman–Crippen MR) is 87.9 cm³/mol. The maximum Gasteiger partial charge on any atom is 0.351 e. The zero-order valence-electron chi connectivity index (χ0n) is 11.9. The van der Waals surface area contributed by atoms with E-state index in [0.29, 0.717) is 16.6 Å². The van der Waals surface area contributed by atoms with Crippen LogP contribution in [-0.4, -0.2) is 40.6 Å². The summed E-state index contributed by atoms with van der Waals surface area (Å²) in [5.74, 6) is 0.194. The Morgan fingerprint density at radius 1 is 1.67 bits per heavy atom. The molecule has 118 valence electrons. The molecule has 0 radical (unpaired) electrons. The van der Waals surface area contributed by atoms with Gasteiger partial charge in [-0.2, -0.15) is 4.98 Å². The topological polar surface area (TPSA) is 99.6 Å². The lowest BCUT2D eigenvalue weighted by Gasteiger charge is -2.24. The van der Waals surface area contributed by atoms with Gasteiger partial charge in [-0.15, -0.1) is 6.58 Å². The lowest BCUT2D eigenvalue weighted by molar-refractivity contribution is -0.105. The monoisotopic (exact) mass is 409 g/mol. The highest BCUT2D eigenvalue weighted by Crippen LogP contribution is 2.17. The second-order valence-electron chi connectivity index (χ2n) is 4.29. The number of nitrogens with zero attached hydrogens (tertiary/aromatic N) is 2. The highest BCUT2D eigenvalue weighted by Gasteiger charge is 2.18. The van der Waals surface area contributed by atoms with Gasteiger partial charge < -0.3 is 20.3 Å². The van der Waals surface area contributed by atoms with Crippen LogP contribution in [0.3, 0.4) is 0 Å². The van der Waals surface area contributed by atoms with Gasteiger partial charge in [-0.3, -0.25) is 4.57 Å². The van der Waals surface area contributed by atoms with Crippen LogP contribution >= 0.6 is 22.6 Å². The van der Waals surface area contributed by atoms with Crippen molar-refractivity contribution in [3.05, 3.63) is 32.9 Å². The van der Waals surface area contributed by atoms with E-state index in [1.807, 2.05) is 29.5 Å². The van der Waals surface area contributed by atoms with E-state index in [1.54, 1.807) is 12.3 Å². The van der Waals surface area contributed by atoms with Crippen LogP contribution in [0.25, 0.3) is 0 Å². The van der Waals surface area contributed by atoms with Gasteiger partial charge in [-0.05, 0) is 29.0 Å². The third-order valence-electron chi connectivity index (χ3n) is 2.69. The number of hydrogen-bond acceptors (Lipinski definition) is 6. The number of nitrogen functional groups attached to an aromatic ring is 1. The molecular weight excluding hydrogens is 389 g/mol. The second-order valence-corrected chi connectivity index (χ2v) is 5.46. The van der Waals surface area contributed by atoms with Crippen LogP contribution in [0.15, 0.2) is 23.6 Å². The molecule has 0 aliphatic heterocycles. The number of ether oxygens (including phenoxy) is 2. The molecule has 0 unspecified atom stereocenters. The quantitative estimate of drug-likeness (QED) is 0.358. The molecule has 0 aliphatic rings. The number of aliphatic hydroxyl groups excluding tert-OH is 1. The van der Waals surface area contributed by atoms with Gasteiger partial charge in [0.05, 0.1) is 23.4 Å². The number of rotatable bonds is 9. The summed E-state index contributed by atoms with van der Waals surface area (Å²) >= 11 is 2.00. The number of aliphatic hydroxyl groups is 1. The molecule has 0 bridgehead atoms. The van der Waals surface area contributed by atoms with Crippen LogP contribution in [0.5, 0.6) is 0 Å². The fourth-order valence-electron chi connectivity index (χ4n) is 1.66. The fourth-order valence-corrected chi connectivity index (χ4v) is 2.08. The van der Waals surface area contributed by atoms with Crippen molar-refractivity contribution in [1.29, 1.82) is 0 Å². The Bertz CT molecular complexity index is 521. The molecule has 3 N–H and O–H groups in total. The average molecular weight is 409 g/mol. The molecule has 1 aromatic rings. The lowest BCUT2D eigenvalue weighted by Crippen LogP contribution is -2.34. The number of hydrogen-bond donors (Lipinski definition) is 2. The third kappa shape index (κ3) is 5.38. The van der Waals surface area contributed by atoms with Crippen molar-refractivity contribution in [3.8, 4) is 0 Å². The molecule has 0 saturated heterocycles. The van der Waals surface area contributed by atoms with Gasteiger partial charge in [0, 0.05) is 6.20 Å². The molecule has 8 heteroatoms. The SMILES string of the molecule is C=CCOC[C@@H](CO)O[C@H](CC)n1cc(I)c(N)nc1=O. The van der Waals surface area contributed by atoms with Crippen LogP contribution in [-0.2, 0) is 9.47 Å². The summed E-state index contributed by atoms with van der Waals surface area (Å²) in [7, 11) is 0. The summed E-state index contributed by atoms with van der Waals surface area (Å²) in [5.41, 5.74) is 5.11. The molecule has 0 amide bonds. The van der Waals surface area contributed by atoms with E-state index in [-0.39, 0.29) is 19.0 Å². The standard InChI is InChI=1S/C13H20IN3O4/c1-3-5-20-8-9(7-18)21-11(4-2)17-6-10(14)12(15)16-13(17)19/h3,6,9,11,18H,1,4-5,7-8H2,2H3,(H2,15,16,19)/t9-,11-/m1/s1. The van der Waals surface area contributed by atoms with Crippen LogP contribution in [0, 0.1) is 3.57 Å². The Kier molecular flexibility index (Phi) is 7.86. The number of nitrogens with two attached hydrogens (primary N) is 1. The molecule has 0 fully saturated rings. The third-order valence-corrected chi connectivity index (χ3v) is 3.52. The molecule has 0 aromatic carbocycles. The molecule has 0 aliphatic carbocycles. The lowest BCUT2D eigenvalue weighted by atomic mass is 10.3. The molecule has 21 heavy (non-hydrogen) atoms. The van der Waals surface area contributed by atoms with E-state index in [0.717, 1.165) is 0 Å². The van der Waals surface area contributed by atoms with Gasteiger partial charge in [0.1, 0.15) is 18.1 Å². The maximum atomic E-state index is 11.9. The Morgan fingerprint density at radius 2 is 2.38 bits per heavy atom. The number of halogens is 1.